The summed E-state index contributed by atoms with van der Waals surface area (Å²) in [5, 5.41) is 0. The minimum atomic E-state index is -0.0917. The van der Waals surface area contributed by atoms with Gasteiger partial charge in [-0.3, -0.25) is 9.59 Å². The summed E-state index contributed by atoms with van der Waals surface area (Å²) in [6.45, 7) is 2.16. The van der Waals surface area contributed by atoms with E-state index in [1.54, 1.807) is 12.1 Å². The fourth-order valence-electron chi connectivity index (χ4n) is 4.11. The first-order chi connectivity index (χ1) is 11.7. The first kappa shape index (κ1) is 15.5. The van der Waals surface area contributed by atoms with Crippen LogP contribution in [0.3, 0.4) is 0 Å². The Bertz CT molecular complexity index is 637. The number of furan rings is 1. The molecule has 0 radical (unpaired) electrons. The van der Waals surface area contributed by atoms with E-state index >= 15 is 0 Å². The number of hydrogen-bond donors (Lipinski definition) is 0. The zero-order valence-electron chi connectivity index (χ0n) is 14.1. The third-order valence-electron chi connectivity index (χ3n) is 5.73. The fourth-order valence-corrected chi connectivity index (χ4v) is 4.11. The van der Waals surface area contributed by atoms with E-state index in [1.807, 2.05) is 9.80 Å². The lowest BCUT2D eigenvalue weighted by Crippen LogP contribution is -2.48. The summed E-state index contributed by atoms with van der Waals surface area (Å²) in [5.74, 6) is 1.46. The van der Waals surface area contributed by atoms with Gasteiger partial charge in [0.2, 0.25) is 5.91 Å². The highest BCUT2D eigenvalue weighted by Gasteiger charge is 2.41. The molecule has 5 rings (SSSR count). The van der Waals surface area contributed by atoms with Gasteiger partial charge < -0.3 is 19.0 Å². The van der Waals surface area contributed by atoms with E-state index in [-0.39, 0.29) is 17.9 Å². The van der Waals surface area contributed by atoms with Crippen LogP contribution in [0, 0.1) is 11.8 Å². The Hall–Kier alpha value is -1.98. The molecule has 24 heavy (non-hydrogen) atoms. The molecule has 2 atom stereocenters. The highest BCUT2D eigenvalue weighted by Crippen LogP contribution is 2.33. The van der Waals surface area contributed by atoms with E-state index in [0.717, 1.165) is 32.2 Å². The Morgan fingerprint density at radius 1 is 1.12 bits per heavy atom. The highest BCUT2D eigenvalue weighted by atomic mass is 16.6. The Balaban J connectivity index is 1.50. The summed E-state index contributed by atoms with van der Waals surface area (Å²) < 4.78 is 10.5. The van der Waals surface area contributed by atoms with E-state index < -0.39 is 0 Å². The van der Waals surface area contributed by atoms with Gasteiger partial charge in [-0.2, -0.15) is 0 Å². The summed E-state index contributed by atoms with van der Waals surface area (Å²) in [6.07, 6.45) is 5.27. The van der Waals surface area contributed by atoms with Gasteiger partial charge in [0, 0.05) is 37.7 Å². The summed E-state index contributed by atoms with van der Waals surface area (Å²) in [6, 6.07) is 3.42. The van der Waals surface area contributed by atoms with Crippen LogP contribution in [0.25, 0.3) is 0 Å². The van der Waals surface area contributed by atoms with Crippen LogP contribution in [0.2, 0.25) is 0 Å². The van der Waals surface area contributed by atoms with Crippen molar-refractivity contribution in [3.05, 3.63) is 17.9 Å². The molecule has 6 nitrogen and oxygen atoms in total. The van der Waals surface area contributed by atoms with Gasteiger partial charge in [-0.25, -0.2) is 0 Å². The SMILES string of the molecule is COc1ccc(C(=O)N2CC3CCC2CN(C(=O)C2CCC2)C3)o1. The molecule has 3 saturated heterocycles. The zero-order valence-corrected chi connectivity index (χ0v) is 14.1. The smallest absolute Gasteiger partial charge is 0.290 e. The summed E-state index contributed by atoms with van der Waals surface area (Å²) >= 11 is 0. The Morgan fingerprint density at radius 3 is 2.62 bits per heavy atom. The monoisotopic (exact) mass is 332 g/mol. The van der Waals surface area contributed by atoms with Gasteiger partial charge in [-0.05, 0) is 37.7 Å². The average Bonchev–Trinajstić information content (AvgIpc) is 2.83. The maximum Gasteiger partial charge on any atom is 0.290 e. The molecule has 130 valence electrons. The lowest BCUT2D eigenvalue weighted by Gasteiger charge is -2.35. The lowest BCUT2D eigenvalue weighted by atomic mass is 9.84. The molecule has 0 aromatic carbocycles. The topological polar surface area (TPSA) is 63.0 Å². The number of methoxy groups -OCH3 is 1. The number of carbonyl (C=O) groups is 2. The second-order valence-corrected chi connectivity index (χ2v) is 7.25. The predicted octanol–water partition coefficient (Wildman–Crippen LogP) is 2.15. The molecule has 6 heteroatoms. The van der Waals surface area contributed by atoms with Crippen molar-refractivity contribution in [1.82, 2.24) is 9.80 Å². The minimum Gasteiger partial charge on any atom is -0.468 e. The molecule has 4 aliphatic rings. The number of nitrogens with zero attached hydrogens (tertiary/aromatic N) is 2. The van der Waals surface area contributed by atoms with E-state index in [4.69, 9.17) is 9.15 Å². The van der Waals surface area contributed by atoms with Gasteiger partial charge in [-0.15, -0.1) is 0 Å². The fraction of sp³-hybridized carbons (Fsp3) is 0.667. The van der Waals surface area contributed by atoms with E-state index in [1.165, 1.54) is 13.5 Å². The summed E-state index contributed by atoms with van der Waals surface area (Å²) in [7, 11) is 1.52. The summed E-state index contributed by atoms with van der Waals surface area (Å²) in [5.41, 5.74) is 0. The number of ether oxygens (including phenoxy) is 1. The van der Waals surface area contributed by atoms with Crippen LogP contribution < -0.4 is 4.74 Å². The lowest BCUT2D eigenvalue weighted by molar-refractivity contribution is -0.138. The molecule has 2 unspecified atom stereocenters. The largest absolute Gasteiger partial charge is 0.468 e. The van der Waals surface area contributed by atoms with Gasteiger partial charge in [0.1, 0.15) is 0 Å². The molecule has 0 N–H and O–H groups in total. The number of rotatable bonds is 3. The maximum atomic E-state index is 12.8. The maximum absolute atomic E-state index is 12.8. The quantitative estimate of drug-likeness (QED) is 0.851. The standard InChI is InChI=1S/C18H24N2O4/c1-23-16-8-7-15(24-16)18(22)20-10-12-5-6-14(20)11-19(9-12)17(21)13-3-2-4-13/h7-8,12-14H,2-6,9-11H2,1H3. The minimum absolute atomic E-state index is 0.0917. The predicted molar refractivity (Wildman–Crippen MR) is 86.7 cm³/mol. The first-order valence-electron chi connectivity index (χ1n) is 8.89. The molecule has 2 amide bonds. The van der Waals surface area contributed by atoms with E-state index in [0.29, 0.717) is 36.6 Å². The Morgan fingerprint density at radius 2 is 1.96 bits per heavy atom. The van der Waals surface area contributed by atoms with Crippen LogP contribution >= 0.6 is 0 Å². The molecule has 1 aliphatic carbocycles. The third-order valence-corrected chi connectivity index (χ3v) is 5.73. The number of amides is 2. The second kappa shape index (κ2) is 6.15. The molecule has 3 aliphatic heterocycles. The van der Waals surface area contributed by atoms with Gasteiger partial charge in [0.15, 0.2) is 5.76 Å². The van der Waals surface area contributed by atoms with Gasteiger partial charge in [0.25, 0.3) is 11.9 Å². The molecule has 4 fully saturated rings. The average molecular weight is 332 g/mol. The number of piperidine rings is 1. The molecule has 1 aromatic heterocycles. The molecule has 4 heterocycles. The van der Waals surface area contributed by atoms with Crippen molar-refractivity contribution in [2.45, 2.75) is 38.1 Å². The van der Waals surface area contributed by atoms with Crippen LogP contribution in [-0.2, 0) is 4.79 Å². The number of carbonyl (C=O) groups excluding carboxylic acids is 2. The van der Waals surface area contributed by atoms with E-state index in [9.17, 15) is 9.59 Å². The van der Waals surface area contributed by atoms with Gasteiger partial charge in [0.05, 0.1) is 7.11 Å². The van der Waals surface area contributed by atoms with E-state index in [2.05, 4.69) is 0 Å². The van der Waals surface area contributed by atoms with Crippen LogP contribution in [0.4, 0.5) is 0 Å². The second-order valence-electron chi connectivity index (χ2n) is 7.25. The Labute approximate surface area is 141 Å². The number of hydrogen-bond acceptors (Lipinski definition) is 4. The number of fused-ring (bicyclic) bond motifs is 4. The third kappa shape index (κ3) is 2.68. The normalized spacial score (nSPS) is 26.9. The molecule has 1 saturated carbocycles. The van der Waals surface area contributed by atoms with Crippen molar-refractivity contribution in [3.8, 4) is 5.95 Å². The molecule has 0 spiro atoms. The van der Waals surface area contributed by atoms with Crippen molar-refractivity contribution < 1.29 is 18.7 Å². The summed E-state index contributed by atoms with van der Waals surface area (Å²) in [4.78, 5) is 29.4. The van der Waals surface area contributed by atoms with Crippen LogP contribution in [0.5, 0.6) is 5.95 Å². The van der Waals surface area contributed by atoms with Crippen molar-refractivity contribution >= 4 is 11.8 Å². The zero-order chi connectivity index (χ0) is 16.7. The van der Waals surface area contributed by atoms with Crippen molar-refractivity contribution in [2.75, 3.05) is 26.7 Å². The van der Waals surface area contributed by atoms with Gasteiger partial charge in [-0.1, -0.05) is 6.42 Å². The van der Waals surface area contributed by atoms with Crippen molar-refractivity contribution in [3.63, 3.8) is 0 Å². The van der Waals surface area contributed by atoms with Crippen LogP contribution in [-0.4, -0.2) is 54.4 Å². The molecular weight excluding hydrogens is 308 g/mol. The highest BCUT2D eigenvalue weighted by molar-refractivity contribution is 5.92. The van der Waals surface area contributed by atoms with Crippen molar-refractivity contribution in [1.29, 1.82) is 0 Å². The molecule has 2 bridgehead atoms. The van der Waals surface area contributed by atoms with Crippen molar-refractivity contribution in [2.24, 2.45) is 11.8 Å². The van der Waals surface area contributed by atoms with Gasteiger partial charge >= 0.3 is 0 Å². The van der Waals surface area contributed by atoms with Crippen LogP contribution in [0.1, 0.15) is 42.7 Å². The molecule has 1 aromatic rings. The molecular formula is C18H24N2O4. The van der Waals surface area contributed by atoms with Crippen LogP contribution in [0.15, 0.2) is 16.5 Å². The first-order valence-corrected chi connectivity index (χ1v) is 8.89. The Kier molecular flexibility index (Phi) is 3.98.